The molecule has 1 rings (SSSR count). The van der Waals surface area contributed by atoms with E-state index in [4.69, 9.17) is 16.3 Å². The first-order valence-electron chi connectivity index (χ1n) is 4.12. The number of carbonyl (C=O) groups is 1. The van der Waals surface area contributed by atoms with E-state index in [1.54, 1.807) is 24.3 Å². The fraction of sp³-hybridized carbons (Fsp3) is 0.222. The second-order valence-corrected chi connectivity index (χ2v) is 3.59. The van der Waals surface area contributed by atoms with E-state index in [9.17, 15) is 4.79 Å². The SMILES string of the molecule is O=C(Oc1ccccc1Cl)N(CS)CS. The van der Waals surface area contributed by atoms with Crippen molar-refractivity contribution in [2.24, 2.45) is 0 Å². The van der Waals surface area contributed by atoms with Crippen LogP contribution in [0.1, 0.15) is 0 Å². The maximum absolute atomic E-state index is 11.5. The molecule has 0 aliphatic rings. The topological polar surface area (TPSA) is 29.5 Å². The molecule has 82 valence electrons. The molecule has 1 aromatic rings. The number of thiol groups is 2. The molecule has 0 aliphatic carbocycles. The summed E-state index contributed by atoms with van der Waals surface area (Å²) >= 11 is 13.8. The molecule has 1 amide bonds. The van der Waals surface area contributed by atoms with Crippen LogP contribution in [0, 0.1) is 0 Å². The van der Waals surface area contributed by atoms with Gasteiger partial charge >= 0.3 is 6.09 Å². The number of carbonyl (C=O) groups excluding carboxylic acids is 1. The molecule has 6 heteroatoms. The van der Waals surface area contributed by atoms with E-state index >= 15 is 0 Å². The first kappa shape index (κ1) is 12.5. The van der Waals surface area contributed by atoms with E-state index in [0.29, 0.717) is 10.8 Å². The molecule has 15 heavy (non-hydrogen) atoms. The van der Waals surface area contributed by atoms with Gasteiger partial charge in [-0.2, -0.15) is 25.3 Å². The van der Waals surface area contributed by atoms with Gasteiger partial charge < -0.3 is 4.74 Å². The maximum atomic E-state index is 11.5. The van der Waals surface area contributed by atoms with Gasteiger partial charge in [0.1, 0.15) is 0 Å². The Labute approximate surface area is 104 Å². The van der Waals surface area contributed by atoms with Crippen molar-refractivity contribution in [2.45, 2.75) is 0 Å². The van der Waals surface area contributed by atoms with Crippen molar-refractivity contribution in [1.82, 2.24) is 4.90 Å². The lowest BCUT2D eigenvalue weighted by atomic mass is 10.3. The summed E-state index contributed by atoms with van der Waals surface area (Å²) in [6.45, 7) is 0. The number of nitrogens with zero attached hydrogens (tertiary/aromatic N) is 1. The van der Waals surface area contributed by atoms with Gasteiger partial charge in [-0.05, 0) is 12.1 Å². The van der Waals surface area contributed by atoms with Gasteiger partial charge in [0.25, 0.3) is 0 Å². The lowest BCUT2D eigenvalue weighted by Crippen LogP contribution is -2.31. The van der Waals surface area contributed by atoms with E-state index in [1.807, 2.05) is 0 Å². The predicted octanol–water partition coefficient (Wildman–Crippen LogP) is 2.92. The average Bonchev–Trinajstić information content (AvgIpc) is 2.23. The summed E-state index contributed by atoms with van der Waals surface area (Å²) in [5.41, 5.74) is 0. The smallest absolute Gasteiger partial charge is 0.409 e. The first-order valence-corrected chi connectivity index (χ1v) is 5.76. The Kier molecular flexibility index (Phi) is 5.14. The number of benzene rings is 1. The molecular formula is C9H10ClNO2S2. The Morgan fingerprint density at radius 1 is 1.33 bits per heavy atom. The summed E-state index contributed by atoms with van der Waals surface area (Å²) in [4.78, 5) is 12.8. The molecule has 0 radical (unpaired) electrons. The molecular weight excluding hydrogens is 254 g/mol. The van der Waals surface area contributed by atoms with Gasteiger partial charge in [-0.1, -0.05) is 23.7 Å². The molecule has 3 nitrogen and oxygen atoms in total. The molecule has 0 unspecified atom stereocenters. The molecule has 0 aliphatic heterocycles. The van der Waals surface area contributed by atoms with E-state index < -0.39 is 6.09 Å². The summed E-state index contributed by atoms with van der Waals surface area (Å²) in [6.07, 6.45) is -0.520. The monoisotopic (exact) mass is 263 g/mol. The molecule has 0 atom stereocenters. The number of hydrogen-bond acceptors (Lipinski definition) is 4. The molecule has 0 spiro atoms. The van der Waals surface area contributed by atoms with E-state index in [0.717, 1.165) is 0 Å². The van der Waals surface area contributed by atoms with Gasteiger partial charge in [-0.15, -0.1) is 0 Å². The normalized spacial score (nSPS) is 9.80. The summed E-state index contributed by atoms with van der Waals surface area (Å²) in [5.74, 6) is 0.817. The Balaban J connectivity index is 2.70. The van der Waals surface area contributed by atoms with Gasteiger partial charge in [0, 0.05) is 0 Å². The zero-order valence-electron chi connectivity index (χ0n) is 7.76. The van der Waals surface area contributed by atoms with E-state index in [-0.39, 0.29) is 11.8 Å². The third-order valence-electron chi connectivity index (χ3n) is 1.63. The summed E-state index contributed by atoms with van der Waals surface area (Å²) in [5, 5.41) is 0.393. The van der Waals surface area contributed by atoms with Crippen LogP contribution < -0.4 is 4.74 Å². The largest absolute Gasteiger partial charge is 0.416 e. The maximum Gasteiger partial charge on any atom is 0.416 e. The Bertz CT molecular complexity index is 345. The van der Waals surface area contributed by atoms with Crippen LogP contribution in [0.25, 0.3) is 0 Å². The minimum absolute atomic E-state index is 0.243. The second kappa shape index (κ2) is 6.15. The minimum Gasteiger partial charge on any atom is -0.409 e. The second-order valence-electron chi connectivity index (χ2n) is 2.62. The van der Waals surface area contributed by atoms with Crippen LogP contribution in [-0.4, -0.2) is 22.7 Å². The zero-order chi connectivity index (χ0) is 11.3. The highest BCUT2D eigenvalue weighted by Gasteiger charge is 2.13. The van der Waals surface area contributed by atoms with Crippen molar-refractivity contribution >= 4 is 43.0 Å². The van der Waals surface area contributed by atoms with E-state index in [2.05, 4.69) is 25.3 Å². The number of rotatable bonds is 3. The fourth-order valence-electron chi connectivity index (χ4n) is 0.846. The van der Waals surface area contributed by atoms with Crippen LogP contribution in [0.4, 0.5) is 4.79 Å². The Morgan fingerprint density at radius 2 is 1.93 bits per heavy atom. The molecule has 0 fully saturated rings. The van der Waals surface area contributed by atoms with Crippen molar-refractivity contribution < 1.29 is 9.53 Å². The number of para-hydroxylation sites is 1. The van der Waals surface area contributed by atoms with Crippen LogP contribution in [0.15, 0.2) is 24.3 Å². The third kappa shape index (κ3) is 3.52. The standard InChI is InChI=1S/C9H10ClNO2S2/c10-7-3-1-2-4-8(7)13-9(12)11(5-14)6-15/h1-4,14-15H,5-6H2. The fourth-order valence-corrected chi connectivity index (χ4v) is 1.61. The van der Waals surface area contributed by atoms with Crippen LogP contribution in [-0.2, 0) is 0 Å². The lowest BCUT2D eigenvalue weighted by Gasteiger charge is -2.17. The summed E-state index contributed by atoms with van der Waals surface area (Å²) in [7, 11) is 0. The minimum atomic E-state index is -0.520. The van der Waals surface area contributed by atoms with Crippen molar-refractivity contribution in [1.29, 1.82) is 0 Å². The molecule has 0 aromatic heterocycles. The quantitative estimate of drug-likeness (QED) is 0.649. The van der Waals surface area contributed by atoms with Gasteiger partial charge in [0.15, 0.2) is 5.75 Å². The highest BCUT2D eigenvalue weighted by molar-refractivity contribution is 7.81. The lowest BCUT2D eigenvalue weighted by molar-refractivity contribution is 0.168. The van der Waals surface area contributed by atoms with Crippen molar-refractivity contribution in [3.63, 3.8) is 0 Å². The average molecular weight is 264 g/mol. The number of amides is 1. The van der Waals surface area contributed by atoms with Crippen molar-refractivity contribution in [3.05, 3.63) is 29.3 Å². The van der Waals surface area contributed by atoms with Crippen molar-refractivity contribution in [2.75, 3.05) is 11.8 Å². The molecule has 0 saturated heterocycles. The molecule has 0 N–H and O–H groups in total. The van der Waals surface area contributed by atoms with Gasteiger partial charge in [0.05, 0.1) is 16.8 Å². The first-order chi connectivity index (χ1) is 7.19. The molecule has 1 aromatic carbocycles. The van der Waals surface area contributed by atoms with Crippen LogP contribution in [0.2, 0.25) is 5.02 Å². The van der Waals surface area contributed by atoms with Gasteiger partial charge in [0.2, 0.25) is 0 Å². The third-order valence-corrected chi connectivity index (χ3v) is 2.63. The number of ether oxygens (including phenoxy) is 1. The van der Waals surface area contributed by atoms with Gasteiger partial charge in [-0.3, -0.25) is 4.90 Å². The Hall–Kier alpha value is -0.520. The molecule has 0 heterocycles. The van der Waals surface area contributed by atoms with Crippen molar-refractivity contribution in [3.8, 4) is 5.75 Å². The Morgan fingerprint density at radius 3 is 2.47 bits per heavy atom. The zero-order valence-corrected chi connectivity index (χ0v) is 10.3. The number of halogens is 1. The summed E-state index contributed by atoms with van der Waals surface area (Å²) < 4.78 is 5.05. The predicted molar refractivity (Wildman–Crippen MR) is 67.0 cm³/mol. The highest BCUT2D eigenvalue weighted by Crippen LogP contribution is 2.23. The van der Waals surface area contributed by atoms with Crippen LogP contribution in [0.5, 0.6) is 5.75 Å². The van der Waals surface area contributed by atoms with Gasteiger partial charge in [-0.25, -0.2) is 4.79 Å². The molecule has 0 bridgehead atoms. The number of hydrogen-bond donors (Lipinski definition) is 2. The molecule has 0 saturated carbocycles. The van der Waals surface area contributed by atoms with Crippen LogP contribution in [0.3, 0.4) is 0 Å². The van der Waals surface area contributed by atoms with E-state index in [1.165, 1.54) is 4.90 Å². The van der Waals surface area contributed by atoms with Crippen LogP contribution >= 0.6 is 36.9 Å². The highest BCUT2D eigenvalue weighted by atomic mass is 35.5. The summed E-state index contributed by atoms with van der Waals surface area (Å²) in [6, 6.07) is 6.76.